The molecule has 584 valence electrons. The first-order valence-electron chi connectivity index (χ1n) is 42.5. The van der Waals surface area contributed by atoms with Gasteiger partial charge in [-0.15, -0.1) is 0 Å². The van der Waals surface area contributed by atoms with Gasteiger partial charge in [0.2, 0.25) is 0 Å². The van der Waals surface area contributed by atoms with Crippen molar-refractivity contribution in [3.63, 3.8) is 0 Å². The Morgan fingerprint density at radius 1 is 0.304 bits per heavy atom. The van der Waals surface area contributed by atoms with Crippen molar-refractivity contribution in [3.05, 3.63) is 146 Å². The lowest BCUT2D eigenvalue weighted by molar-refractivity contribution is -0.870. The van der Waals surface area contributed by atoms with Crippen LogP contribution >= 0.6 is 0 Å². The van der Waals surface area contributed by atoms with E-state index >= 15 is 0 Å². The highest BCUT2D eigenvalue weighted by atomic mass is 16.7. The molecule has 0 aliphatic carbocycles. The molecule has 0 bridgehead atoms. The van der Waals surface area contributed by atoms with Crippen LogP contribution in [0.15, 0.2) is 146 Å². The van der Waals surface area contributed by atoms with Crippen LogP contribution < -0.4 is 0 Å². The molecule has 9 nitrogen and oxygen atoms in total. The van der Waals surface area contributed by atoms with Gasteiger partial charge in [0.25, 0.3) is 6.29 Å². The third-order valence-electron chi connectivity index (χ3n) is 18.4. The number of ether oxygens (including phenoxy) is 4. The van der Waals surface area contributed by atoms with Crippen molar-refractivity contribution in [1.82, 2.24) is 0 Å². The Bertz CT molecular complexity index is 2200. The number of hydrogen-bond donors (Lipinski definition) is 1. The summed E-state index contributed by atoms with van der Waals surface area (Å²) in [5, 5.41) is 9.78. The molecule has 0 aromatic carbocycles. The van der Waals surface area contributed by atoms with E-state index in [1.54, 1.807) is 0 Å². The van der Waals surface area contributed by atoms with Crippen LogP contribution in [-0.2, 0) is 33.3 Å². The topological polar surface area (TPSA) is 108 Å². The molecule has 0 heterocycles. The first-order chi connectivity index (χ1) is 50.1. The first-order valence-corrected chi connectivity index (χ1v) is 42.5. The van der Waals surface area contributed by atoms with Crippen molar-refractivity contribution < 1.29 is 42.9 Å². The molecule has 9 heteroatoms. The molecule has 0 spiro atoms. The fraction of sp³-hybridized carbons (Fsp3) is 0.710. The molecule has 0 aromatic heterocycles. The molecule has 0 rings (SSSR count). The minimum Gasteiger partial charge on any atom is -0.477 e. The minimum atomic E-state index is -1.53. The van der Waals surface area contributed by atoms with Gasteiger partial charge in [0.15, 0.2) is 6.10 Å². The molecule has 2 atom stereocenters. The summed E-state index contributed by atoms with van der Waals surface area (Å²) in [5.41, 5.74) is 0. The number of likely N-dealkylation sites (N-methyl/N-ethyl adjacent to an activating group) is 1. The van der Waals surface area contributed by atoms with Crippen molar-refractivity contribution in [2.24, 2.45) is 0 Å². The number of rotatable bonds is 78. The SMILES string of the molecule is CC/C=C\C/C=C\C/C=C\C/C=C\C/C=C\C/C=C\C/C=C\C/C=C\C/C=C\C/C=C\C/C=C\C/C=C\CCCCC(=O)OC(COC(=O)CCCCCCCCCCCCCCCCCCCCCCCCCCCCCCCCCCCCCCCC)COC(OCC[N+](C)(C)C)C(=O)O. The van der Waals surface area contributed by atoms with Gasteiger partial charge in [-0.1, -0.05) is 397 Å². The molecule has 0 saturated carbocycles. The molecule has 0 aliphatic heterocycles. The number of hydrogen-bond acceptors (Lipinski definition) is 7. The number of carboxylic acids is 1. The summed E-state index contributed by atoms with van der Waals surface area (Å²) in [5.74, 6) is -2.06. The normalized spacial score (nSPS) is 13.4. The number of carbonyl (C=O) groups is 3. The van der Waals surface area contributed by atoms with Crippen molar-refractivity contribution in [2.45, 2.75) is 379 Å². The van der Waals surface area contributed by atoms with Crippen molar-refractivity contribution in [1.29, 1.82) is 0 Å². The van der Waals surface area contributed by atoms with Gasteiger partial charge in [-0.3, -0.25) is 9.59 Å². The number of unbranched alkanes of at least 4 members (excludes halogenated alkanes) is 39. The predicted octanol–water partition coefficient (Wildman–Crippen LogP) is 27.8. The molecule has 0 aromatic rings. The van der Waals surface area contributed by atoms with Crippen molar-refractivity contribution >= 4 is 17.9 Å². The largest absolute Gasteiger partial charge is 0.477 e. The summed E-state index contributed by atoms with van der Waals surface area (Å²) >= 11 is 0. The van der Waals surface area contributed by atoms with Gasteiger partial charge in [0, 0.05) is 12.8 Å². The molecule has 0 radical (unpaired) electrons. The molecule has 2 unspecified atom stereocenters. The molecule has 102 heavy (non-hydrogen) atoms. The number of carbonyl (C=O) groups excluding carboxylic acids is 2. The zero-order valence-electron chi connectivity index (χ0n) is 67.0. The predicted molar refractivity (Wildman–Crippen MR) is 442 cm³/mol. The van der Waals surface area contributed by atoms with E-state index in [4.69, 9.17) is 18.9 Å². The number of nitrogens with zero attached hydrogens (tertiary/aromatic N) is 1. The quantitative estimate of drug-likeness (QED) is 0.0211. The van der Waals surface area contributed by atoms with Crippen LogP contribution in [0, 0.1) is 0 Å². The second-order valence-corrected chi connectivity index (χ2v) is 29.4. The lowest BCUT2D eigenvalue weighted by atomic mass is 10.0. The van der Waals surface area contributed by atoms with Crippen LogP contribution in [0.1, 0.15) is 367 Å². The van der Waals surface area contributed by atoms with Gasteiger partial charge in [-0.05, 0) is 103 Å². The number of aliphatic carboxylic acids is 1. The average molecular weight is 1420 g/mol. The summed E-state index contributed by atoms with van der Waals surface area (Å²) in [6.07, 6.45) is 118. The molecular formula is C93H160NO8+. The van der Waals surface area contributed by atoms with E-state index in [-0.39, 0.29) is 38.6 Å². The van der Waals surface area contributed by atoms with Crippen molar-refractivity contribution in [2.75, 3.05) is 47.5 Å². The van der Waals surface area contributed by atoms with E-state index in [0.29, 0.717) is 17.4 Å². The summed E-state index contributed by atoms with van der Waals surface area (Å²) in [4.78, 5) is 37.7. The fourth-order valence-corrected chi connectivity index (χ4v) is 11.9. The number of allylic oxidation sites excluding steroid dienone is 24. The highest BCUT2D eigenvalue weighted by Crippen LogP contribution is 2.19. The van der Waals surface area contributed by atoms with Crippen LogP contribution in [0.2, 0.25) is 0 Å². The molecule has 0 fully saturated rings. The number of carboxylic acid groups (broad SMARTS) is 1. The maximum Gasteiger partial charge on any atom is 0.361 e. The Hall–Kier alpha value is -4.83. The highest BCUT2D eigenvalue weighted by molar-refractivity contribution is 5.71. The zero-order chi connectivity index (χ0) is 73.9. The third kappa shape index (κ3) is 82.5. The standard InChI is InChI=1S/C93H159NO8/c1-6-8-10-12-14-16-18-20-22-24-26-28-30-32-34-36-38-40-42-44-46-48-50-52-54-56-58-60-62-64-66-68-70-72-74-76-78-80-82-84-91(96)102-89(88-101-93(92(97)98)99-86-85-94(3,4)5)87-100-90(95)83-81-79-77-75-73-71-69-67-65-63-61-59-57-55-53-51-49-47-45-43-41-39-37-35-33-31-29-27-25-23-21-19-17-15-13-11-9-7-2/h8,10,14,16,20,22,26,28,32,34,38,40,44,46,50,52,56,58,62,64,68,70,74,76,89,93H,6-7,9,11-13,15,17-19,21,23-25,27,29-31,33,35-37,39,41-43,45,47-49,51,53-55,57,59-61,63,65-67,69,71-73,75,77-88H2,1-5H3/p+1/b10-8-,16-14-,22-20-,28-26-,34-32-,40-38-,46-44-,52-50-,58-56-,64-62-,70-68-,76-74-. The maximum atomic E-state index is 13.0. The summed E-state index contributed by atoms with van der Waals surface area (Å²) in [7, 11) is 5.97. The van der Waals surface area contributed by atoms with E-state index in [2.05, 4.69) is 160 Å². The van der Waals surface area contributed by atoms with Crippen LogP contribution in [0.5, 0.6) is 0 Å². The highest BCUT2D eigenvalue weighted by Gasteiger charge is 2.25. The summed E-state index contributed by atoms with van der Waals surface area (Å²) < 4.78 is 23.0. The number of esters is 2. The molecule has 0 aliphatic rings. The number of quaternary nitrogens is 1. The van der Waals surface area contributed by atoms with E-state index in [1.165, 1.54) is 225 Å². The minimum absolute atomic E-state index is 0.173. The van der Waals surface area contributed by atoms with Crippen LogP contribution in [0.25, 0.3) is 0 Å². The van der Waals surface area contributed by atoms with Gasteiger partial charge in [-0.2, -0.15) is 0 Å². The van der Waals surface area contributed by atoms with E-state index in [9.17, 15) is 19.5 Å². The lowest BCUT2D eigenvalue weighted by Gasteiger charge is -2.25. The molecule has 0 saturated heterocycles. The smallest absolute Gasteiger partial charge is 0.361 e. The summed E-state index contributed by atoms with van der Waals surface area (Å²) in [6.45, 7) is 4.74. The Morgan fingerprint density at radius 2 is 0.559 bits per heavy atom. The maximum absolute atomic E-state index is 13.0. The average Bonchev–Trinajstić information content (AvgIpc) is 0.997. The fourth-order valence-electron chi connectivity index (χ4n) is 11.9. The van der Waals surface area contributed by atoms with E-state index in [0.717, 1.165) is 109 Å². The Balaban J connectivity index is 4.10. The van der Waals surface area contributed by atoms with Crippen LogP contribution in [0.4, 0.5) is 0 Å². The summed E-state index contributed by atoms with van der Waals surface area (Å²) in [6, 6.07) is 0. The van der Waals surface area contributed by atoms with Gasteiger partial charge >= 0.3 is 17.9 Å². The van der Waals surface area contributed by atoms with Crippen molar-refractivity contribution in [3.8, 4) is 0 Å². The molecule has 0 amide bonds. The van der Waals surface area contributed by atoms with Gasteiger partial charge < -0.3 is 28.5 Å². The second-order valence-electron chi connectivity index (χ2n) is 29.4. The first kappa shape index (κ1) is 97.2. The van der Waals surface area contributed by atoms with Crippen LogP contribution in [-0.4, -0.2) is 87.4 Å². The van der Waals surface area contributed by atoms with Gasteiger partial charge in [0.05, 0.1) is 34.4 Å². The zero-order valence-corrected chi connectivity index (χ0v) is 67.0. The molecule has 1 N–H and O–H groups in total. The van der Waals surface area contributed by atoms with Gasteiger partial charge in [-0.25, -0.2) is 4.79 Å². The Labute approximate surface area is 630 Å². The van der Waals surface area contributed by atoms with E-state index < -0.39 is 24.3 Å². The van der Waals surface area contributed by atoms with E-state index in [1.807, 2.05) is 21.1 Å². The van der Waals surface area contributed by atoms with Crippen LogP contribution in [0.3, 0.4) is 0 Å². The monoisotopic (exact) mass is 1420 g/mol. The Morgan fingerprint density at radius 3 is 0.833 bits per heavy atom. The Kier molecular flexibility index (Phi) is 78.0. The second kappa shape index (κ2) is 81.8. The lowest BCUT2D eigenvalue weighted by Crippen LogP contribution is -2.40. The molecular weight excluding hydrogens is 1260 g/mol. The third-order valence-corrected chi connectivity index (χ3v) is 18.4. The van der Waals surface area contributed by atoms with Gasteiger partial charge in [0.1, 0.15) is 13.2 Å².